The van der Waals surface area contributed by atoms with E-state index in [1.54, 1.807) is 24.5 Å². The predicted octanol–water partition coefficient (Wildman–Crippen LogP) is 7.68. The first kappa shape index (κ1) is 43.9. The van der Waals surface area contributed by atoms with Gasteiger partial charge in [0, 0.05) is 55.9 Å². The number of nitrogens with zero attached hydrogens (tertiary/aromatic N) is 4. The van der Waals surface area contributed by atoms with Gasteiger partial charge in [0.05, 0.1) is 23.4 Å². The van der Waals surface area contributed by atoms with E-state index in [4.69, 9.17) is 10.4 Å². The van der Waals surface area contributed by atoms with Crippen molar-refractivity contribution in [3.8, 4) is 34.2 Å². The zero-order valence-electron chi connectivity index (χ0n) is 36.2. The fourth-order valence-corrected chi connectivity index (χ4v) is 8.55. The van der Waals surface area contributed by atoms with Gasteiger partial charge in [-0.25, -0.2) is 4.58 Å². The Balaban J connectivity index is 0.753. The van der Waals surface area contributed by atoms with E-state index in [2.05, 4.69) is 75.5 Å². The molecule has 0 spiro atoms. The number of nitrogens with one attached hydrogen (secondary N) is 4. The number of carbonyl (C=O) groups excluding carboxylic acids is 5. The number of hydrogen-bond donors (Lipinski definition) is 4. The first-order valence-electron chi connectivity index (χ1n) is 22.2. The molecule has 8 rings (SSSR count). The van der Waals surface area contributed by atoms with Gasteiger partial charge in [-0.3, -0.25) is 34.2 Å². The molecule has 5 aromatic rings. The number of hydrogen-bond acceptors (Lipinski definition) is 8. The molecule has 1 unspecified atom stereocenters. The molecule has 3 aliphatic heterocycles. The predicted molar refractivity (Wildman–Crippen MR) is 252 cm³/mol. The molecule has 0 saturated carbocycles. The number of piperidine rings is 1. The molecular weight excluding hydrogens is 817 g/mol. The highest BCUT2D eigenvalue weighted by Gasteiger charge is 2.44. The summed E-state index contributed by atoms with van der Waals surface area (Å²) in [6.45, 7) is 5.83. The maximum atomic E-state index is 13.1. The Hall–Kier alpha value is -7.72. The Bertz CT molecular complexity index is 2780. The van der Waals surface area contributed by atoms with Crippen molar-refractivity contribution in [3.63, 3.8) is 0 Å². The van der Waals surface area contributed by atoms with Crippen molar-refractivity contribution >= 4 is 59.9 Å². The van der Waals surface area contributed by atoms with Crippen molar-refractivity contribution in [3.05, 3.63) is 131 Å². The largest absolute Gasteiger partial charge is 0.385 e. The van der Waals surface area contributed by atoms with Crippen molar-refractivity contribution in [1.82, 2.24) is 20.1 Å². The van der Waals surface area contributed by atoms with E-state index < -0.39 is 29.7 Å². The van der Waals surface area contributed by atoms with Gasteiger partial charge in [-0.1, -0.05) is 102 Å². The molecule has 4 aromatic carbocycles. The van der Waals surface area contributed by atoms with Crippen LogP contribution in [0.15, 0.2) is 108 Å². The molecule has 1 fully saturated rings. The molecule has 65 heavy (non-hydrogen) atoms. The average molecular weight is 868 g/mol. The monoisotopic (exact) mass is 867 g/mol. The second-order valence-electron chi connectivity index (χ2n) is 16.4. The molecule has 0 bridgehead atoms. The van der Waals surface area contributed by atoms with Crippen molar-refractivity contribution in [1.29, 1.82) is 5.41 Å². The highest BCUT2D eigenvalue weighted by molar-refractivity contribution is 6.23. The zero-order chi connectivity index (χ0) is 45.3. The van der Waals surface area contributed by atoms with Gasteiger partial charge in [-0.2, -0.15) is 5.41 Å². The van der Waals surface area contributed by atoms with Gasteiger partial charge >= 0.3 is 0 Å². The summed E-state index contributed by atoms with van der Waals surface area (Å²) in [7, 11) is 0. The number of benzene rings is 4. The number of rotatable bonds is 17. The van der Waals surface area contributed by atoms with Crippen LogP contribution in [-0.2, 0) is 20.9 Å². The summed E-state index contributed by atoms with van der Waals surface area (Å²) < 4.78 is 3.70. The van der Waals surface area contributed by atoms with Crippen LogP contribution in [0.3, 0.4) is 0 Å². The summed E-state index contributed by atoms with van der Waals surface area (Å²) in [5.74, 6) is 5.63. The average Bonchev–Trinajstić information content (AvgIpc) is 3.77. The molecule has 4 N–H and O–H groups in total. The summed E-state index contributed by atoms with van der Waals surface area (Å²) in [5, 5.41) is 17.6. The van der Waals surface area contributed by atoms with Crippen LogP contribution < -0.4 is 16.0 Å². The van der Waals surface area contributed by atoms with E-state index in [9.17, 15) is 24.0 Å². The fourth-order valence-electron chi connectivity index (χ4n) is 8.55. The number of amides is 5. The van der Waals surface area contributed by atoms with E-state index in [1.807, 2.05) is 48.5 Å². The maximum Gasteiger partial charge on any atom is 0.271 e. The molecule has 1 aromatic heterocycles. The quantitative estimate of drug-likeness (QED) is 0.0324. The van der Waals surface area contributed by atoms with Gasteiger partial charge in [0.25, 0.3) is 17.6 Å². The molecular formula is C52H51N8O5+. The molecule has 4 heterocycles. The zero-order valence-corrected chi connectivity index (χ0v) is 36.2. The van der Waals surface area contributed by atoms with Crippen LogP contribution in [0.4, 0.5) is 11.5 Å². The molecule has 5 amide bonds. The van der Waals surface area contributed by atoms with Gasteiger partial charge in [0.1, 0.15) is 11.6 Å². The lowest BCUT2D eigenvalue weighted by Crippen LogP contribution is -2.54. The highest BCUT2D eigenvalue weighted by atomic mass is 16.2. The number of aliphatic imine (C=N–C) groups is 1. The minimum atomic E-state index is -0.989. The number of imide groups is 2. The third kappa shape index (κ3) is 9.92. The molecule has 0 radical (unpaired) electrons. The Labute approximate surface area is 378 Å². The van der Waals surface area contributed by atoms with Crippen molar-refractivity contribution < 1.29 is 28.5 Å². The number of aromatic nitrogens is 1. The molecule has 1 atom stereocenters. The second-order valence-corrected chi connectivity index (χ2v) is 16.4. The van der Waals surface area contributed by atoms with E-state index in [0.29, 0.717) is 37.6 Å². The number of carbonyl (C=O) groups is 5. The van der Waals surface area contributed by atoms with Gasteiger partial charge in [0.2, 0.25) is 29.9 Å². The molecule has 328 valence electrons. The number of amidine groups is 1. The lowest BCUT2D eigenvalue weighted by molar-refractivity contribution is -0.246. The van der Waals surface area contributed by atoms with Crippen LogP contribution in [0.1, 0.15) is 102 Å². The second kappa shape index (κ2) is 20.2. The van der Waals surface area contributed by atoms with Crippen LogP contribution in [0, 0.1) is 17.3 Å². The summed E-state index contributed by atoms with van der Waals surface area (Å²) in [4.78, 5) is 68.1. The minimum Gasteiger partial charge on any atom is -0.385 e. The van der Waals surface area contributed by atoms with Crippen molar-refractivity contribution in [2.24, 2.45) is 4.99 Å². The number of anilines is 1. The molecule has 1 saturated heterocycles. The van der Waals surface area contributed by atoms with Gasteiger partial charge < -0.3 is 15.2 Å². The van der Waals surface area contributed by atoms with Crippen molar-refractivity contribution in [2.75, 3.05) is 18.4 Å². The molecule has 13 heteroatoms. The van der Waals surface area contributed by atoms with Crippen LogP contribution >= 0.6 is 0 Å². The lowest BCUT2D eigenvalue weighted by Gasteiger charge is -2.27. The number of unbranched alkanes of at least 4 members (excludes halogenated alkanes) is 5. The van der Waals surface area contributed by atoms with Crippen LogP contribution in [-0.4, -0.2) is 81.6 Å². The standard InChI is InChI=1S/C52H50N8O5/c1-58-34-56-49-46(48(58)53)45(37-20-9-6-10-21-37)47(38-22-11-7-12-23-38)59(49)33-36-19-16-18-35(31-36)17-8-2-4-15-30-55-43(61)24-13-3-5-14-29-54-39-25-26-40-41(32-39)52(65)60(51(40)64)42-27-28-44(62)57-50(42)63/h6-7,9-12,16,18-23,25-26,31-32,34,42,53H,1-5,13-15,24,27-30,33H2,(H2-,54,55,57,61,62,63,64)/p+1. The first-order valence-corrected chi connectivity index (χ1v) is 22.2. The Morgan fingerprint density at radius 3 is 2.34 bits per heavy atom. The van der Waals surface area contributed by atoms with E-state index in [1.165, 1.54) is 4.58 Å². The Morgan fingerprint density at radius 1 is 0.815 bits per heavy atom. The topological polar surface area (TPSA) is 169 Å². The van der Waals surface area contributed by atoms with Crippen LogP contribution in [0.25, 0.3) is 22.4 Å². The van der Waals surface area contributed by atoms with Crippen LogP contribution in [0.2, 0.25) is 0 Å². The normalized spacial score (nSPS) is 15.3. The van der Waals surface area contributed by atoms with Gasteiger partial charge in [0.15, 0.2) is 0 Å². The lowest BCUT2D eigenvalue weighted by atomic mass is 9.96. The Morgan fingerprint density at radius 2 is 1.55 bits per heavy atom. The number of fused-ring (bicyclic) bond motifs is 2. The van der Waals surface area contributed by atoms with Gasteiger partial charge in [-0.15, -0.1) is 0 Å². The van der Waals surface area contributed by atoms with E-state index in [-0.39, 0.29) is 29.9 Å². The van der Waals surface area contributed by atoms with E-state index in [0.717, 1.165) is 94.7 Å². The molecule has 13 nitrogen and oxygen atoms in total. The van der Waals surface area contributed by atoms with Crippen molar-refractivity contribution in [2.45, 2.75) is 76.8 Å². The summed E-state index contributed by atoms with van der Waals surface area (Å²) >= 11 is 0. The third-order valence-electron chi connectivity index (χ3n) is 11.8. The van der Waals surface area contributed by atoms with Gasteiger partial charge in [-0.05, 0) is 79.1 Å². The molecule has 0 aliphatic carbocycles. The fraction of sp³-hybridized carbons (Fsp3) is 0.269. The first-order chi connectivity index (χ1) is 31.7. The minimum absolute atomic E-state index is 0.0521. The summed E-state index contributed by atoms with van der Waals surface area (Å²) in [5.41, 5.74) is 7.94. The third-order valence-corrected chi connectivity index (χ3v) is 11.8. The molecule has 3 aliphatic rings. The highest BCUT2D eigenvalue weighted by Crippen LogP contribution is 2.44. The summed E-state index contributed by atoms with van der Waals surface area (Å²) in [6, 6.07) is 32.6. The Kier molecular flexibility index (Phi) is 13.6. The smallest absolute Gasteiger partial charge is 0.271 e. The summed E-state index contributed by atoms with van der Waals surface area (Å²) in [6.07, 6.45) is 8.21. The SMILES string of the molecule is C=[N+]1C=Nc2c(c(-c3ccccc3)c(-c3ccccc3)n2Cc2cccc(C#CCCCCNC(=O)CCCCCCNc3ccc4c(c3)C(=O)N(C3CCC(=O)NC3=O)C4=O)c2)C1=N. The van der Waals surface area contributed by atoms with E-state index >= 15 is 0 Å². The maximum absolute atomic E-state index is 13.1. The van der Waals surface area contributed by atoms with Crippen LogP contribution in [0.5, 0.6) is 0 Å².